The monoisotopic (exact) mass is 425 g/mol. The van der Waals surface area contributed by atoms with Gasteiger partial charge in [0.2, 0.25) is 0 Å². The van der Waals surface area contributed by atoms with Crippen molar-refractivity contribution < 1.29 is 4.74 Å². The van der Waals surface area contributed by atoms with Crippen molar-refractivity contribution in [1.82, 2.24) is 24.5 Å². The molecule has 0 radical (unpaired) electrons. The highest BCUT2D eigenvalue weighted by atomic mass is 32.1. The maximum atomic E-state index is 6.06. The summed E-state index contributed by atoms with van der Waals surface area (Å²) in [6.45, 7) is 14.8. The van der Waals surface area contributed by atoms with E-state index in [1.165, 1.54) is 22.7 Å². The summed E-state index contributed by atoms with van der Waals surface area (Å²) in [7, 11) is 2.15. The number of benzene rings is 1. The van der Waals surface area contributed by atoms with Gasteiger partial charge in [0.05, 0.1) is 5.69 Å². The van der Waals surface area contributed by atoms with Crippen LogP contribution in [0.1, 0.15) is 50.1 Å². The van der Waals surface area contributed by atoms with Crippen molar-refractivity contribution in [2.75, 3.05) is 20.1 Å². The van der Waals surface area contributed by atoms with E-state index in [4.69, 9.17) is 4.74 Å². The lowest BCUT2D eigenvalue weighted by Crippen LogP contribution is -2.20. The third kappa shape index (κ3) is 5.40. The highest BCUT2D eigenvalue weighted by Crippen LogP contribution is 2.31. The number of rotatable bonds is 7. The summed E-state index contributed by atoms with van der Waals surface area (Å²) in [5.41, 5.74) is 5.23. The number of aromatic nitrogens is 4. The second-order valence-electron chi connectivity index (χ2n) is 8.73. The summed E-state index contributed by atoms with van der Waals surface area (Å²) < 4.78 is 10.5. The van der Waals surface area contributed by atoms with Gasteiger partial charge in [0.1, 0.15) is 11.4 Å². The molecule has 3 aromatic rings. The van der Waals surface area contributed by atoms with Gasteiger partial charge in [-0.25, -0.2) is 0 Å². The molecule has 2 aromatic heterocycles. The third-order valence-electron chi connectivity index (χ3n) is 5.20. The van der Waals surface area contributed by atoms with E-state index in [0.717, 1.165) is 36.5 Å². The fourth-order valence-electron chi connectivity index (χ4n) is 3.00. The van der Waals surface area contributed by atoms with E-state index in [-0.39, 0.29) is 5.41 Å². The van der Waals surface area contributed by atoms with E-state index in [1.807, 2.05) is 12.1 Å². The molecule has 0 atom stereocenters. The van der Waals surface area contributed by atoms with Gasteiger partial charge in [0.25, 0.3) is 5.19 Å². The zero-order valence-corrected chi connectivity index (χ0v) is 19.8. The molecule has 0 N–H and O–H groups in total. The smallest absolute Gasteiger partial charge is 0.299 e. The molecule has 0 saturated carbocycles. The average Bonchev–Trinajstić information content (AvgIpc) is 3.17. The molecule has 160 valence electrons. The van der Waals surface area contributed by atoms with Crippen molar-refractivity contribution >= 4 is 11.5 Å². The van der Waals surface area contributed by atoms with Crippen LogP contribution in [-0.2, 0) is 11.8 Å². The van der Waals surface area contributed by atoms with Crippen molar-refractivity contribution in [3.8, 4) is 22.5 Å². The van der Waals surface area contributed by atoms with Gasteiger partial charge >= 0.3 is 0 Å². The third-order valence-corrected chi connectivity index (χ3v) is 5.80. The van der Waals surface area contributed by atoms with Crippen molar-refractivity contribution in [3.63, 3.8) is 0 Å². The zero-order valence-electron chi connectivity index (χ0n) is 19.0. The average molecular weight is 426 g/mol. The quantitative estimate of drug-likeness (QED) is 0.519. The highest BCUT2D eigenvalue weighted by Gasteiger charge is 2.17. The van der Waals surface area contributed by atoms with Gasteiger partial charge in [-0.2, -0.15) is 14.5 Å². The van der Waals surface area contributed by atoms with Gasteiger partial charge in [0, 0.05) is 23.5 Å². The summed E-state index contributed by atoms with van der Waals surface area (Å²) >= 11 is 1.23. The number of hydrogen-bond donors (Lipinski definition) is 0. The van der Waals surface area contributed by atoms with E-state index in [1.54, 1.807) is 0 Å². The van der Waals surface area contributed by atoms with Crippen LogP contribution in [0.4, 0.5) is 0 Å². The molecule has 2 heterocycles. The topological polar surface area (TPSA) is 64.0 Å². The second kappa shape index (κ2) is 9.18. The summed E-state index contributed by atoms with van der Waals surface area (Å²) in [6.07, 6.45) is 1.03. The molecule has 0 aliphatic heterocycles. The van der Waals surface area contributed by atoms with Crippen molar-refractivity contribution in [2.24, 2.45) is 0 Å². The first-order chi connectivity index (χ1) is 14.2. The number of likely N-dealkylation sites (N-methyl/N-ethyl adjacent to an activating group) is 1. The number of aryl methyl sites for hydroxylation is 2. The van der Waals surface area contributed by atoms with Crippen LogP contribution in [0, 0.1) is 13.8 Å². The maximum absolute atomic E-state index is 6.06. The molecule has 3 rings (SSSR count). The molecule has 0 aliphatic carbocycles. The van der Waals surface area contributed by atoms with Crippen LogP contribution >= 0.6 is 11.5 Å². The molecule has 0 amide bonds. The Hall–Kier alpha value is -2.38. The Labute approximate surface area is 183 Å². The van der Waals surface area contributed by atoms with Gasteiger partial charge in [-0.05, 0) is 68.8 Å². The molecule has 0 bridgehead atoms. The normalized spacial score (nSPS) is 11.9. The maximum Gasteiger partial charge on any atom is 0.299 e. The first kappa shape index (κ1) is 22.3. The van der Waals surface area contributed by atoms with Crippen LogP contribution in [0.2, 0.25) is 0 Å². The molecule has 1 aromatic carbocycles. The minimum atomic E-state index is -0.0389. The molecule has 0 fully saturated rings. The molecule has 0 unspecified atom stereocenters. The Kier molecular flexibility index (Phi) is 6.83. The first-order valence-corrected chi connectivity index (χ1v) is 11.1. The van der Waals surface area contributed by atoms with Crippen molar-refractivity contribution in [1.29, 1.82) is 0 Å². The SMILES string of the molecule is CCN(C)CCc1cc(C)c(Oc2nc(-c3ccc(C(C)(C)C)nn3)ns2)cc1C. The summed E-state index contributed by atoms with van der Waals surface area (Å²) in [5.74, 6) is 1.36. The number of hydrogen-bond acceptors (Lipinski definition) is 7. The van der Waals surface area contributed by atoms with Gasteiger partial charge < -0.3 is 9.64 Å². The standard InChI is InChI=1S/C23H31N5OS/c1-8-28(7)12-11-17-13-16(3)19(14-15(17)2)29-22-24-21(27-30-22)18-9-10-20(26-25-18)23(4,5)6/h9-10,13-14H,8,11-12H2,1-7H3. The van der Waals surface area contributed by atoms with E-state index in [9.17, 15) is 0 Å². The van der Waals surface area contributed by atoms with Gasteiger partial charge in [-0.1, -0.05) is 33.8 Å². The zero-order chi connectivity index (χ0) is 21.9. The van der Waals surface area contributed by atoms with Crippen LogP contribution in [0.15, 0.2) is 24.3 Å². The molecule has 7 heteroatoms. The molecule has 0 spiro atoms. The van der Waals surface area contributed by atoms with Crippen LogP contribution in [0.3, 0.4) is 0 Å². The van der Waals surface area contributed by atoms with Gasteiger partial charge in [0.15, 0.2) is 5.82 Å². The van der Waals surface area contributed by atoms with Crippen LogP contribution < -0.4 is 4.74 Å². The van der Waals surface area contributed by atoms with Crippen LogP contribution in [-0.4, -0.2) is 44.6 Å². The van der Waals surface area contributed by atoms with E-state index in [2.05, 4.69) is 85.2 Å². The predicted octanol–water partition coefficient (Wildman–Crippen LogP) is 5.20. The molecule has 6 nitrogen and oxygen atoms in total. The lowest BCUT2D eigenvalue weighted by atomic mass is 9.92. The first-order valence-electron chi connectivity index (χ1n) is 10.3. The highest BCUT2D eigenvalue weighted by molar-refractivity contribution is 7.07. The predicted molar refractivity (Wildman–Crippen MR) is 123 cm³/mol. The number of ether oxygens (including phenoxy) is 1. The molecular weight excluding hydrogens is 394 g/mol. The second-order valence-corrected chi connectivity index (χ2v) is 9.44. The molecule has 30 heavy (non-hydrogen) atoms. The Bertz CT molecular complexity index is 992. The Morgan fingerprint density at radius 3 is 2.47 bits per heavy atom. The minimum Gasteiger partial charge on any atom is -0.430 e. The Morgan fingerprint density at radius 1 is 1.07 bits per heavy atom. The lowest BCUT2D eigenvalue weighted by molar-refractivity contribution is 0.357. The van der Waals surface area contributed by atoms with Crippen LogP contribution in [0.5, 0.6) is 10.9 Å². The van der Waals surface area contributed by atoms with E-state index in [0.29, 0.717) is 16.7 Å². The van der Waals surface area contributed by atoms with Crippen molar-refractivity contribution in [3.05, 3.63) is 46.6 Å². The minimum absolute atomic E-state index is 0.0389. The summed E-state index contributed by atoms with van der Waals surface area (Å²) in [6, 6.07) is 8.20. The molecule has 0 saturated heterocycles. The molecule has 0 aliphatic rings. The van der Waals surface area contributed by atoms with E-state index >= 15 is 0 Å². The Balaban J connectivity index is 1.73. The van der Waals surface area contributed by atoms with Crippen LogP contribution in [0.25, 0.3) is 11.5 Å². The summed E-state index contributed by atoms with van der Waals surface area (Å²) in [4.78, 5) is 6.83. The lowest BCUT2D eigenvalue weighted by Gasteiger charge is -2.16. The van der Waals surface area contributed by atoms with Gasteiger partial charge in [-0.15, -0.1) is 5.10 Å². The van der Waals surface area contributed by atoms with E-state index < -0.39 is 0 Å². The molecular formula is C23H31N5OS. The Morgan fingerprint density at radius 2 is 1.83 bits per heavy atom. The largest absolute Gasteiger partial charge is 0.430 e. The summed E-state index contributed by atoms with van der Waals surface area (Å²) in [5, 5.41) is 9.12. The fourth-order valence-corrected chi connectivity index (χ4v) is 3.55. The van der Waals surface area contributed by atoms with Crippen molar-refractivity contribution in [2.45, 2.75) is 53.4 Å². The fraction of sp³-hybridized carbons (Fsp3) is 0.478. The number of nitrogens with zero attached hydrogens (tertiary/aromatic N) is 5. The van der Waals surface area contributed by atoms with Gasteiger partial charge in [-0.3, -0.25) is 0 Å².